The number of hydroxylamine groups is 2. The van der Waals surface area contributed by atoms with Gasteiger partial charge in [-0.2, -0.15) is 5.06 Å². The largest absolute Gasteiger partial charge is 0.330 e. The third kappa shape index (κ3) is 17.7. The first-order valence-electron chi connectivity index (χ1n) is 4.36. The lowest BCUT2D eigenvalue weighted by Crippen LogP contribution is -2.16. The molecule has 0 fully saturated rings. The zero-order chi connectivity index (χ0) is 9.11. The zero-order valence-electron chi connectivity index (χ0n) is 8.01. The molecule has 0 saturated carbocycles. The Bertz CT molecular complexity index is 54.1. The number of unbranched alkanes of at least 4 members (excludes halogenated alkanes) is 1. The van der Waals surface area contributed by atoms with Gasteiger partial charge in [-0.25, -0.2) is 0 Å². The molecule has 3 nitrogen and oxygen atoms in total. The highest BCUT2D eigenvalue weighted by Crippen LogP contribution is 1.77. The number of rotatable bonds is 4. The molecule has 0 aromatic rings. The molecular weight excluding hydrogens is 140 g/mol. The minimum atomic E-state index is 0.719. The summed E-state index contributed by atoms with van der Waals surface area (Å²) in [7, 11) is 0. The summed E-state index contributed by atoms with van der Waals surface area (Å²) in [6.45, 7) is 8.23. The van der Waals surface area contributed by atoms with Crippen molar-refractivity contribution in [2.75, 3.05) is 19.6 Å². The summed E-state index contributed by atoms with van der Waals surface area (Å²) < 4.78 is 0. The normalized spacial score (nSPS) is 9.27. The van der Waals surface area contributed by atoms with E-state index >= 15 is 0 Å². The molecule has 0 rings (SSSR count). The lowest BCUT2D eigenvalue weighted by molar-refractivity contribution is -0.0813. The Morgan fingerprint density at radius 1 is 1.18 bits per heavy atom. The van der Waals surface area contributed by atoms with E-state index in [4.69, 9.17) is 10.9 Å². The van der Waals surface area contributed by atoms with Crippen molar-refractivity contribution in [2.45, 2.75) is 33.6 Å². The van der Waals surface area contributed by atoms with Crippen LogP contribution in [0.2, 0.25) is 0 Å². The minimum Gasteiger partial charge on any atom is -0.330 e. The molecule has 0 unspecified atom stereocenters. The fourth-order valence-electron chi connectivity index (χ4n) is 0.428. The molecule has 0 atom stereocenters. The van der Waals surface area contributed by atoms with Gasteiger partial charge in [-0.15, -0.1) is 0 Å². The lowest BCUT2D eigenvalue weighted by atomic mass is 10.3. The summed E-state index contributed by atoms with van der Waals surface area (Å²) in [5.41, 5.74) is 5.14. The maximum absolute atomic E-state index is 8.50. The van der Waals surface area contributed by atoms with E-state index in [2.05, 4.69) is 6.92 Å². The second kappa shape index (κ2) is 12.5. The predicted octanol–water partition coefficient (Wildman–Crippen LogP) is 1.46. The predicted molar refractivity (Wildman–Crippen MR) is 48.7 cm³/mol. The van der Waals surface area contributed by atoms with Crippen molar-refractivity contribution in [1.82, 2.24) is 5.06 Å². The third-order valence-corrected chi connectivity index (χ3v) is 1.29. The van der Waals surface area contributed by atoms with E-state index in [-0.39, 0.29) is 0 Å². The van der Waals surface area contributed by atoms with E-state index < -0.39 is 0 Å². The fourth-order valence-corrected chi connectivity index (χ4v) is 0.428. The van der Waals surface area contributed by atoms with Crippen LogP contribution < -0.4 is 5.73 Å². The highest BCUT2D eigenvalue weighted by Gasteiger charge is 1.84. The topological polar surface area (TPSA) is 49.5 Å². The first-order chi connectivity index (χ1) is 5.22. The first-order valence-corrected chi connectivity index (χ1v) is 4.36. The van der Waals surface area contributed by atoms with Gasteiger partial charge in [0.15, 0.2) is 0 Å². The number of nitrogens with two attached hydrogens (primary N) is 1. The van der Waals surface area contributed by atoms with Gasteiger partial charge in [0.05, 0.1) is 0 Å². The van der Waals surface area contributed by atoms with E-state index in [1.54, 1.807) is 0 Å². The summed E-state index contributed by atoms with van der Waals surface area (Å²) in [6.07, 6.45) is 2.39. The molecule has 0 radical (unpaired) electrons. The van der Waals surface area contributed by atoms with Gasteiger partial charge in [0.1, 0.15) is 0 Å². The molecule has 3 heteroatoms. The number of hydrogen-bond donors (Lipinski definition) is 2. The van der Waals surface area contributed by atoms with Crippen molar-refractivity contribution in [3.05, 3.63) is 0 Å². The van der Waals surface area contributed by atoms with Crippen molar-refractivity contribution in [3.8, 4) is 0 Å². The van der Waals surface area contributed by atoms with Gasteiger partial charge in [-0.05, 0) is 13.0 Å². The smallest absolute Gasteiger partial charge is 0.0209 e. The van der Waals surface area contributed by atoms with Crippen LogP contribution in [0.5, 0.6) is 0 Å². The van der Waals surface area contributed by atoms with Gasteiger partial charge in [-0.1, -0.05) is 27.2 Å². The molecule has 0 aliphatic carbocycles. The van der Waals surface area contributed by atoms with Crippen LogP contribution in [0, 0.1) is 0 Å². The van der Waals surface area contributed by atoms with E-state index in [1.165, 1.54) is 17.9 Å². The van der Waals surface area contributed by atoms with Crippen LogP contribution in [-0.4, -0.2) is 29.9 Å². The van der Waals surface area contributed by atoms with Gasteiger partial charge < -0.3 is 10.9 Å². The van der Waals surface area contributed by atoms with Crippen molar-refractivity contribution in [1.29, 1.82) is 0 Å². The Morgan fingerprint density at radius 3 is 1.64 bits per heavy atom. The summed E-state index contributed by atoms with van der Waals surface area (Å²) in [6, 6.07) is 0. The summed E-state index contributed by atoms with van der Waals surface area (Å²) in [5.74, 6) is 0. The van der Waals surface area contributed by atoms with E-state index in [1.807, 2.05) is 13.8 Å². The summed E-state index contributed by atoms with van der Waals surface area (Å²) in [5, 5.41) is 9.75. The van der Waals surface area contributed by atoms with Crippen LogP contribution in [0.4, 0.5) is 0 Å². The molecule has 0 amide bonds. The Kier molecular flexibility index (Phi) is 15.4. The number of nitrogens with zero attached hydrogens (tertiary/aromatic N) is 1. The van der Waals surface area contributed by atoms with Gasteiger partial charge in [0, 0.05) is 13.1 Å². The van der Waals surface area contributed by atoms with Crippen LogP contribution in [0.15, 0.2) is 0 Å². The van der Waals surface area contributed by atoms with Crippen molar-refractivity contribution in [2.24, 2.45) is 5.73 Å². The Morgan fingerprint density at radius 2 is 1.64 bits per heavy atom. The average molecular weight is 162 g/mol. The quantitative estimate of drug-likeness (QED) is 0.615. The molecule has 0 bridgehead atoms. The molecule has 0 aromatic carbocycles. The van der Waals surface area contributed by atoms with Crippen LogP contribution in [0.25, 0.3) is 0 Å². The third-order valence-electron chi connectivity index (χ3n) is 1.29. The Labute approximate surface area is 70.1 Å². The standard InChI is InChI=1S/C4H11NO.C4H11N/c1-3-5(6)4-2;1-2-3-4-5/h6H,3-4H2,1-2H3;2-5H2,1H3. The maximum Gasteiger partial charge on any atom is 0.0209 e. The van der Waals surface area contributed by atoms with Crippen LogP contribution in [0.1, 0.15) is 33.6 Å². The monoisotopic (exact) mass is 162 g/mol. The van der Waals surface area contributed by atoms with Crippen LogP contribution in [0.3, 0.4) is 0 Å². The molecule has 0 saturated heterocycles. The minimum absolute atomic E-state index is 0.719. The van der Waals surface area contributed by atoms with Crippen LogP contribution in [-0.2, 0) is 0 Å². The first kappa shape index (κ1) is 13.5. The van der Waals surface area contributed by atoms with Gasteiger partial charge in [0.2, 0.25) is 0 Å². The Hall–Kier alpha value is -0.120. The molecular formula is C8H22N2O. The molecule has 3 N–H and O–H groups in total. The zero-order valence-corrected chi connectivity index (χ0v) is 8.01. The summed E-state index contributed by atoms with van der Waals surface area (Å²) >= 11 is 0. The number of hydrogen-bond acceptors (Lipinski definition) is 3. The fraction of sp³-hybridized carbons (Fsp3) is 1.00. The van der Waals surface area contributed by atoms with Crippen molar-refractivity contribution >= 4 is 0 Å². The average Bonchev–Trinajstić information content (AvgIpc) is 2.06. The van der Waals surface area contributed by atoms with Gasteiger partial charge >= 0.3 is 0 Å². The second-order valence-corrected chi connectivity index (χ2v) is 2.28. The Balaban J connectivity index is 0. The molecule has 0 aliphatic heterocycles. The van der Waals surface area contributed by atoms with E-state index in [0.29, 0.717) is 0 Å². The van der Waals surface area contributed by atoms with Gasteiger partial charge in [-0.3, -0.25) is 0 Å². The molecule has 0 spiro atoms. The van der Waals surface area contributed by atoms with Crippen LogP contribution >= 0.6 is 0 Å². The van der Waals surface area contributed by atoms with Crippen molar-refractivity contribution in [3.63, 3.8) is 0 Å². The highest BCUT2D eigenvalue weighted by atomic mass is 16.5. The molecule has 0 aliphatic rings. The van der Waals surface area contributed by atoms with Crippen molar-refractivity contribution < 1.29 is 5.21 Å². The molecule has 0 heterocycles. The van der Waals surface area contributed by atoms with E-state index in [9.17, 15) is 0 Å². The molecule has 0 aromatic heterocycles. The lowest BCUT2D eigenvalue weighted by Gasteiger charge is -2.05. The SMILES string of the molecule is CCCCN.CCN(O)CC. The summed E-state index contributed by atoms with van der Waals surface area (Å²) in [4.78, 5) is 0. The van der Waals surface area contributed by atoms with Gasteiger partial charge in [0.25, 0.3) is 0 Å². The van der Waals surface area contributed by atoms with E-state index in [0.717, 1.165) is 19.6 Å². The maximum atomic E-state index is 8.50. The molecule has 70 valence electrons. The molecule has 11 heavy (non-hydrogen) atoms. The second-order valence-electron chi connectivity index (χ2n) is 2.28. The highest BCUT2D eigenvalue weighted by molar-refractivity contribution is 4.29.